The van der Waals surface area contributed by atoms with Crippen molar-refractivity contribution in [2.75, 3.05) is 7.11 Å². The topological polar surface area (TPSA) is 105 Å². The molecule has 5 aromatic rings. The number of aromatic nitrogens is 4. The van der Waals surface area contributed by atoms with Crippen LogP contribution in [0.1, 0.15) is 22.3 Å². The van der Waals surface area contributed by atoms with Crippen molar-refractivity contribution in [3.8, 4) is 11.1 Å². The van der Waals surface area contributed by atoms with E-state index in [1.54, 1.807) is 53.5 Å². The van der Waals surface area contributed by atoms with Crippen molar-refractivity contribution < 1.29 is 17.9 Å². The van der Waals surface area contributed by atoms with Gasteiger partial charge in [-0.25, -0.2) is 22.2 Å². The van der Waals surface area contributed by atoms with Gasteiger partial charge in [0.05, 0.1) is 34.9 Å². The SMILES string of the molecule is C=CCCn1cc(-c2cc(C(=O)OC)cc3c2ncn3C)c2ccn(S(=O)(=O)c3ccc(C)cc3)c2c1=O. The molecule has 10 heteroatoms. The lowest BCUT2D eigenvalue weighted by Gasteiger charge is -2.14. The Morgan fingerprint density at radius 3 is 2.55 bits per heavy atom. The Labute approximate surface area is 219 Å². The number of allylic oxidation sites excluding steroid dienone is 1. The largest absolute Gasteiger partial charge is 0.465 e. The van der Waals surface area contributed by atoms with E-state index in [9.17, 15) is 18.0 Å². The molecule has 0 aliphatic rings. The van der Waals surface area contributed by atoms with Gasteiger partial charge in [-0.05, 0) is 43.7 Å². The first-order chi connectivity index (χ1) is 18.2. The van der Waals surface area contributed by atoms with Gasteiger partial charge in [-0.3, -0.25) is 4.79 Å². The van der Waals surface area contributed by atoms with Crippen LogP contribution in [-0.2, 0) is 28.4 Å². The van der Waals surface area contributed by atoms with Gasteiger partial charge >= 0.3 is 5.97 Å². The van der Waals surface area contributed by atoms with Gasteiger partial charge in [0.1, 0.15) is 5.52 Å². The van der Waals surface area contributed by atoms with Gasteiger partial charge in [-0.15, -0.1) is 6.58 Å². The second kappa shape index (κ2) is 9.46. The second-order valence-electron chi connectivity index (χ2n) is 9.05. The standard InChI is InChI=1S/C28H26N4O5S/c1-5-6-12-31-16-23(22-14-19(28(34)37-4)15-24-25(22)29-17-30(24)3)21-11-13-32(26(21)27(31)33)38(35,36)20-9-7-18(2)8-10-20/h5,7-11,13-17H,1,6,12H2,2-4H3. The number of carbonyl (C=O) groups excluding carboxylic acids is 1. The minimum Gasteiger partial charge on any atom is -0.465 e. The van der Waals surface area contributed by atoms with E-state index < -0.39 is 21.6 Å². The summed E-state index contributed by atoms with van der Waals surface area (Å²) in [6.07, 6.45) is 6.89. The summed E-state index contributed by atoms with van der Waals surface area (Å²) in [5, 5.41) is 0.425. The Hall–Kier alpha value is -4.44. The van der Waals surface area contributed by atoms with E-state index in [2.05, 4.69) is 11.6 Å². The molecule has 0 fully saturated rings. The number of methoxy groups -OCH3 is 1. The molecule has 0 N–H and O–H groups in total. The van der Waals surface area contributed by atoms with Crippen molar-refractivity contribution in [3.63, 3.8) is 0 Å². The maximum absolute atomic E-state index is 13.7. The zero-order valence-electron chi connectivity index (χ0n) is 21.2. The van der Waals surface area contributed by atoms with E-state index >= 15 is 0 Å². The van der Waals surface area contributed by atoms with Crippen LogP contribution in [-0.4, -0.2) is 39.6 Å². The van der Waals surface area contributed by atoms with Crippen molar-refractivity contribution in [2.24, 2.45) is 7.05 Å². The minimum absolute atomic E-state index is 0.0136. The van der Waals surface area contributed by atoms with Crippen LogP contribution in [0.15, 0.2) is 83.5 Å². The highest BCUT2D eigenvalue weighted by molar-refractivity contribution is 7.90. The monoisotopic (exact) mass is 530 g/mol. The van der Waals surface area contributed by atoms with Crippen molar-refractivity contribution in [3.05, 3.63) is 95.3 Å². The van der Waals surface area contributed by atoms with E-state index in [1.807, 2.05) is 14.0 Å². The summed E-state index contributed by atoms with van der Waals surface area (Å²) in [7, 11) is -0.957. The number of fused-ring (bicyclic) bond motifs is 2. The van der Waals surface area contributed by atoms with E-state index in [4.69, 9.17) is 4.74 Å². The molecule has 38 heavy (non-hydrogen) atoms. The van der Waals surface area contributed by atoms with E-state index in [0.29, 0.717) is 46.1 Å². The molecule has 2 aromatic carbocycles. The number of hydrogen-bond donors (Lipinski definition) is 0. The van der Waals surface area contributed by atoms with Crippen molar-refractivity contribution in [1.82, 2.24) is 18.1 Å². The Kier molecular flexibility index (Phi) is 6.28. The number of benzene rings is 2. The van der Waals surface area contributed by atoms with Gasteiger partial charge in [0.25, 0.3) is 15.6 Å². The van der Waals surface area contributed by atoms with Crippen LogP contribution in [0.4, 0.5) is 0 Å². The van der Waals surface area contributed by atoms with E-state index in [1.165, 1.54) is 30.0 Å². The van der Waals surface area contributed by atoms with Crippen molar-refractivity contribution >= 4 is 37.9 Å². The molecule has 5 rings (SSSR count). The van der Waals surface area contributed by atoms with Gasteiger partial charge < -0.3 is 13.9 Å². The van der Waals surface area contributed by atoms with Crippen molar-refractivity contribution in [1.29, 1.82) is 0 Å². The summed E-state index contributed by atoms with van der Waals surface area (Å²) < 4.78 is 36.6. The molecule has 0 aliphatic carbocycles. The Morgan fingerprint density at radius 1 is 1.13 bits per heavy atom. The Morgan fingerprint density at radius 2 is 1.87 bits per heavy atom. The highest BCUT2D eigenvalue weighted by Crippen LogP contribution is 2.35. The number of nitrogens with zero attached hydrogens (tertiary/aromatic N) is 4. The third-order valence-corrected chi connectivity index (χ3v) is 8.27. The first kappa shape index (κ1) is 25.2. The van der Waals surface area contributed by atoms with E-state index in [0.717, 1.165) is 9.54 Å². The van der Waals surface area contributed by atoms with Crippen LogP contribution < -0.4 is 5.56 Å². The third kappa shape index (κ3) is 4.03. The molecule has 0 saturated carbocycles. The fourth-order valence-electron chi connectivity index (χ4n) is 4.57. The van der Waals surface area contributed by atoms with Gasteiger partial charge in [0.2, 0.25) is 0 Å². The molecule has 0 spiro atoms. The summed E-state index contributed by atoms with van der Waals surface area (Å²) in [6, 6.07) is 11.4. The normalized spacial score (nSPS) is 11.8. The average molecular weight is 531 g/mol. The molecule has 9 nitrogen and oxygen atoms in total. The number of carbonyl (C=O) groups is 1. The molecule has 0 bridgehead atoms. The van der Waals surface area contributed by atoms with Crippen LogP contribution in [0.5, 0.6) is 0 Å². The van der Waals surface area contributed by atoms with Crippen LogP contribution in [0, 0.1) is 6.92 Å². The Bertz CT molecular complexity index is 1890. The second-order valence-corrected chi connectivity index (χ2v) is 10.9. The van der Waals surface area contributed by atoms with Gasteiger partial charge in [-0.2, -0.15) is 0 Å². The summed E-state index contributed by atoms with van der Waals surface area (Å²) in [4.78, 5) is 30.8. The maximum atomic E-state index is 13.7. The summed E-state index contributed by atoms with van der Waals surface area (Å²) >= 11 is 0. The molecule has 0 aliphatic heterocycles. The number of aryl methyl sites for hydroxylation is 3. The number of imidazole rings is 1. The third-order valence-electron chi connectivity index (χ3n) is 6.58. The molecule has 3 aromatic heterocycles. The predicted molar refractivity (Wildman–Crippen MR) is 146 cm³/mol. The van der Waals surface area contributed by atoms with E-state index in [-0.39, 0.29) is 10.4 Å². The number of pyridine rings is 1. The predicted octanol–water partition coefficient (Wildman–Crippen LogP) is 4.26. The van der Waals surface area contributed by atoms with Crippen molar-refractivity contribution in [2.45, 2.75) is 24.8 Å². The summed E-state index contributed by atoms with van der Waals surface area (Å²) in [5.41, 5.74) is 3.22. The number of esters is 1. The van der Waals surface area contributed by atoms with Crippen LogP contribution in [0.25, 0.3) is 33.1 Å². The Balaban J connectivity index is 1.87. The zero-order valence-corrected chi connectivity index (χ0v) is 22.0. The molecule has 0 amide bonds. The molecule has 0 unspecified atom stereocenters. The molecule has 194 valence electrons. The molecular formula is C28H26N4O5S. The minimum atomic E-state index is -4.07. The lowest BCUT2D eigenvalue weighted by atomic mass is 9.99. The molecular weight excluding hydrogens is 504 g/mol. The average Bonchev–Trinajstić information content (AvgIpc) is 3.53. The highest BCUT2D eigenvalue weighted by Gasteiger charge is 2.25. The van der Waals surface area contributed by atoms with Gasteiger partial charge in [0, 0.05) is 42.5 Å². The number of ether oxygens (including phenoxy) is 1. The quantitative estimate of drug-likeness (QED) is 0.230. The van der Waals surface area contributed by atoms with Gasteiger partial charge in [-0.1, -0.05) is 23.8 Å². The lowest BCUT2D eigenvalue weighted by molar-refractivity contribution is 0.0601. The smallest absolute Gasteiger partial charge is 0.337 e. The first-order valence-corrected chi connectivity index (χ1v) is 13.3. The summed E-state index contributed by atoms with van der Waals surface area (Å²) in [6.45, 7) is 5.91. The van der Waals surface area contributed by atoms with Crippen LogP contribution in [0.2, 0.25) is 0 Å². The summed E-state index contributed by atoms with van der Waals surface area (Å²) in [5.74, 6) is -0.523. The maximum Gasteiger partial charge on any atom is 0.337 e. The number of rotatable bonds is 7. The lowest BCUT2D eigenvalue weighted by Crippen LogP contribution is -2.24. The molecule has 0 saturated heterocycles. The van der Waals surface area contributed by atoms with Crippen LogP contribution >= 0.6 is 0 Å². The zero-order chi connectivity index (χ0) is 27.2. The first-order valence-electron chi connectivity index (χ1n) is 11.9. The van der Waals surface area contributed by atoms with Gasteiger partial charge in [0.15, 0.2) is 0 Å². The molecule has 0 radical (unpaired) electrons. The number of hydrogen-bond acceptors (Lipinski definition) is 6. The molecule has 0 atom stereocenters. The van der Waals surface area contributed by atoms with Crippen LogP contribution in [0.3, 0.4) is 0 Å². The highest BCUT2D eigenvalue weighted by atomic mass is 32.2. The molecule has 3 heterocycles. The fourth-order valence-corrected chi connectivity index (χ4v) is 5.91. The fraction of sp³-hybridized carbons (Fsp3) is 0.179.